The lowest BCUT2D eigenvalue weighted by molar-refractivity contribution is -0.132. The molecule has 6 nitrogen and oxygen atoms in total. The van der Waals surface area contributed by atoms with Crippen molar-refractivity contribution in [3.8, 4) is 22.7 Å². The molecule has 0 saturated carbocycles. The summed E-state index contributed by atoms with van der Waals surface area (Å²) >= 11 is 0. The molecule has 4 rings (SSSR count). The third-order valence-electron chi connectivity index (χ3n) is 5.37. The summed E-state index contributed by atoms with van der Waals surface area (Å²) in [6.45, 7) is 7.43. The molecule has 0 atom stereocenters. The van der Waals surface area contributed by atoms with Crippen LogP contribution >= 0.6 is 0 Å². The summed E-state index contributed by atoms with van der Waals surface area (Å²) in [6, 6.07) is 24.5. The van der Waals surface area contributed by atoms with Crippen LogP contribution < -0.4 is 10.1 Å². The van der Waals surface area contributed by atoms with E-state index in [0.717, 1.165) is 28.1 Å². The lowest BCUT2D eigenvalue weighted by atomic mass is 9.99. The number of benzene rings is 3. The monoisotopic (exact) mass is 453 g/mol. The maximum atomic E-state index is 12.6. The van der Waals surface area contributed by atoms with E-state index < -0.39 is 5.97 Å². The molecule has 4 aromatic rings. The predicted octanol–water partition coefficient (Wildman–Crippen LogP) is 6.15. The van der Waals surface area contributed by atoms with E-state index in [-0.39, 0.29) is 11.8 Å². The van der Waals surface area contributed by atoms with Gasteiger partial charge in [0.05, 0.1) is 16.9 Å². The fourth-order valence-electron chi connectivity index (χ4n) is 3.78. The molecule has 0 bridgehead atoms. The van der Waals surface area contributed by atoms with Gasteiger partial charge in [-0.2, -0.15) is 9.78 Å². The van der Waals surface area contributed by atoms with Crippen LogP contribution in [0.1, 0.15) is 48.3 Å². The first kappa shape index (κ1) is 23.0. The van der Waals surface area contributed by atoms with Crippen molar-refractivity contribution in [3.63, 3.8) is 0 Å². The summed E-state index contributed by atoms with van der Waals surface area (Å²) in [5.74, 6) is -0.124. The Labute approximate surface area is 199 Å². The van der Waals surface area contributed by atoms with Gasteiger partial charge in [0, 0.05) is 18.2 Å². The molecule has 0 spiro atoms. The predicted molar refractivity (Wildman–Crippen MR) is 134 cm³/mol. The van der Waals surface area contributed by atoms with Gasteiger partial charge in [-0.1, -0.05) is 61.9 Å². The summed E-state index contributed by atoms with van der Waals surface area (Å²) < 4.78 is 7.34. The molecule has 0 saturated heterocycles. The van der Waals surface area contributed by atoms with E-state index in [1.807, 2.05) is 79.7 Å². The van der Waals surface area contributed by atoms with Gasteiger partial charge in [-0.05, 0) is 54.8 Å². The fraction of sp³-hybridized carbons (Fsp3) is 0.179. The molecule has 0 radical (unpaired) electrons. The second-order valence-electron chi connectivity index (χ2n) is 8.46. The first-order chi connectivity index (χ1) is 16.3. The normalized spacial score (nSPS) is 10.9. The van der Waals surface area contributed by atoms with Crippen molar-refractivity contribution in [2.24, 2.45) is 0 Å². The molecule has 0 unspecified atom stereocenters. The Morgan fingerprint density at radius 2 is 1.65 bits per heavy atom. The van der Waals surface area contributed by atoms with Crippen LogP contribution in [0.5, 0.6) is 5.88 Å². The summed E-state index contributed by atoms with van der Waals surface area (Å²) in [4.78, 5) is 24.6. The van der Waals surface area contributed by atoms with Gasteiger partial charge in [0.2, 0.25) is 5.88 Å². The van der Waals surface area contributed by atoms with Gasteiger partial charge < -0.3 is 10.1 Å². The number of nitrogens with zero attached hydrogens (tertiary/aromatic N) is 2. The Morgan fingerprint density at radius 1 is 0.941 bits per heavy atom. The van der Waals surface area contributed by atoms with Crippen LogP contribution in [0.2, 0.25) is 0 Å². The third kappa shape index (κ3) is 4.91. The molecular weight excluding hydrogens is 426 g/mol. The Hall–Kier alpha value is -4.19. The second kappa shape index (κ2) is 9.75. The number of anilines is 1. The van der Waals surface area contributed by atoms with E-state index >= 15 is 0 Å². The SMILES string of the molecule is CC(=O)Oc1c(-c2ccc(NC(=O)c3cccc(C)c3)cc2)c(C(C)C)nn1-c1ccccc1. The Morgan fingerprint density at radius 3 is 2.26 bits per heavy atom. The fourth-order valence-corrected chi connectivity index (χ4v) is 3.78. The number of amides is 1. The summed E-state index contributed by atoms with van der Waals surface area (Å²) in [6.07, 6.45) is 0. The number of aromatic nitrogens is 2. The average Bonchev–Trinajstić information content (AvgIpc) is 3.19. The van der Waals surface area contributed by atoms with Gasteiger partial charge >= 0.3 is 5.97 Å². The van der Waals surface area contributed by atoms with Crippen molar-refractivity contribution < 1.29 is 14.3 Å². The minimum absolute atomic E-state index is 0.0926. The molecule has 172 valence electrons. The molecule has 1 aromatic heterocycles. The molecule has 0 fully saturated rings. The number of aryl methyl sites for hydroxylation is 1. The minimum atomic E-state index is -0.421. The largest absolute Gasteiger partial charge is 0.407 e. The van der Waals surface area contributed by atoms with E-state index in [9.17, 15) is 9.59 Å². The zero-order valence-electron chi connectivity index (χ0n) is 19.7. The molecular formula is C28H27N3O3. The third-order valence-corrected chi connectivity index (χ3v) is 5.37. The number of hydrogen-bond acceptors (Lipinski definition) is 4. The zero-order chi connectivity index (χ0) is 24.2. The summed E-state index contributed by atoms with van der Waals surface area (Å²) in [7, 11) is 0. The number of carbonyl (C=O) groups excluding carboxylic acids is 2. The maximum absolute atomic E-state index is 12.6. The first-order valence-corrected chi connectivity index (χ1v) is 11.2. The van der Waals surface area contributed by atoms with Crippen molar-refractivity contribution in [3.05, 3.63) is 95.7 Å². The first-order valence-electron chi connectivity index (χ1n) is 11.2. The molecule has 3 aromatic carbocycles. The van der Waals surface area contributed by atoms with Crippen LogP contribution in [-0.4, -0.2) is 21.7 Å². The van der Waals surface area contributed by atoms with Crippen molar-refractivity contribution in [2.45, 2.75) is 33.6 Å². The van der Waals surface area contributed by atoms with Gasteiger partial charge in [0.1, 0.15) is 0 Å². The van der Waals surface area contributed by atoms with Gasteiger partial charge in [0.15, 0.2) is 0 Å². The highest BCUT2D eigenvalue weighted by atomic mass is 16.5. The molecule has 1 heterocycles. The number of esters is 1. The topological polar surface area (TPSA) is 73.2 Å². The van der Waals surface area contributed by atoms with Crippen LogP contribution in [0.15, 0.2) is 78.9 Å². The summed E-state index contributed by atoms with van der Waals surface area (Å²) in [5, 5.41) is 7.73. The summed E-state index contributed by atoms with van der Waals surface area (Å²) in [5.41, 5.74) is 5.52. The highest BCUT2D eigenvalue weighted by Gasteiger charge is 2.25. The van der Waals surface area contributed by atoms with E-state index in [0.29, 0.717) is 17.1 Å². The number of para-hydroxylation sites is 1. The van der Waals surface area contributed by atoms with Crippen LogP contribution in [0, 0.1) is 6.92 Å². The Kier molecular flexibility index (Phi) is 6.59. The number of hydrogen-bond donors (Lipinski definition) is 1. The van der Waals surface area contributed by atoms with Crippen molar-refractivity contribution in [1.82, 2.24) is 9.78 Å². The molecule has 1 amide bonds. The second-order valence-corrected chi connectivity index (χ2v) is 8.46. The van der Waals surface area contributed by atoms with Crippen LogP contribution in [0.3, 0.4) is 0 Å². The molecule has 1 N–H and O–H groups in total. The number of ether oxygens (including phenoxy) is 1. The average molecular weight is 454 g/mol. The van der Waals surface area contributed by atoms with Gasteiger partial charge in [0.25, 0.3) is 5.91 Å². The van der Waals surface area contributed by atoms with Crippen molar-refractivity contribution >= 4 is 17.6 Å². The van der Waals surface area contributed by atoms with E-state index in [1.54, 1.807) is 10.7 Å². The van der Waals surface area contributed by atoms with Crippen LogP contribution in [0.4, 0.5) is 5.69 Å². The van der Waals surface area contributed by atoms with Gasteiger partial charge in [-0.25, -0.2) is 0 Å². The van der Waals surface area contributed by atoms with Crippen LogP contribution in [0.25, 0.3) is 16.8 Å². The molecule has 6 heteroatoms. The maximum Gasteiger partial charge on any atom is 0.309 e. The quantitative estimate of drug-likeness (QED) is 0.356. The minimum Gasteiger partial charge on any atom is -0.407 e. The highest BCUT2D eigenvalue weighted by molar-refractivity contribution is 6.04. The zero-order valence-corrected chi connectivity index (χ0v) is 19.7. The lowest BCUT2D eigenvalue weighted by Crippen LogP contribution is -2.11. The van der Waals surface area contributed by atoms with Crippen molar-refractivity contribution in [1.29, 1.82) is 0 Å². The van der Waals surface area contributed by atoms with Gasteiger partial charge in [-0.15, -0.1) is 0 Å². The standard InChI is InChI=1S/C28H27N3O3/c1-18(2)26-25(28(34-20(4)32)31(30-26)24-11-6-5-7-12-24)21-13-15-23(16-14-21)29-27(33)22-10-8-9-19(3)17-22/h5-18H,1-4H3,(H,29,33). The number of nitrogens with one attached hydrogen (secondary N) is 1. The van der Waals surface area contributed by atoms with E-state index in [4.69, 9.17) is 9.84 Å². The highest BCUT2D eigenvalue weighted by Crippen LogP contribution is 2.39. The molecule has 0 aliphatic carbocycles. The van der Waals surface area contributed by atoms with E-state index in [2.05, 4.69) is 19.2 Å². The van der Waals surface area contributed by atoms with E-state index in [1.165, 1.54) is 6.92 Å². The Bertz CT molecular complexity index is 1320. The lowest BCUT2D eigenvalue weighted by Gasteiger charge is -2.11. The van der Waals surface area contributed by atoms with Gasteiger partial charge in [-0.3, -0.25) is 9.59 Å². The number of rotatable bonds is 6. The van der Waals surface area contributed by atoms with Crippen molar-refractivity contribution in [2.75, 3.05) is 5.32 Å². The Balaban J connectivity index is 1.72. The molecule has 34 heavy (non-hydrogen) atoms. The number of carbonyl (C=O) groups is 2. The molecule has 0 aliphatic heterocycles. The van der Waals surface area contributed by atoms with Crippen LogP contribution in [-0.2, 0) is 4.79 Å². The molecule has 0 aliphatic rings. The smallest absolute Gasteiger partial charge is 0.309 e.